The van der Waals surface area contributed by atoms with Gasteiger partial charge in [0, 0.05) is 18.8 Å². The van der Waals surface area contributed by atoms with Gasteiger partial charge in [0.15, 0.2) is 11.5 Å². The summed E-state index contributed by atoms with van der Waals surface area (Å²) in [6, 6.07) is 9.98. The zero-order valence-electron chi connectivity index (χ0n) is 12.6. The van der Waals surface area contributed by atoms with Crippen LogP contribution in [0, 0.1) is 0 Å². The molecule has 0 atom stereocenters. The Kier molecular flexibility index (Phi) is 3.63. The molecule has 2 aromatic heterocycles. The van der Waals surface area contributed by atoms with Crippen molar-refractivity contribution in [2.75, 3.05) is 6.79 Å². The fraction of sp³-hybridized carbons (Fsp3) is 0.235. The van der Waals surface area contributed by atoms with Crippen molar-refractivity contribution in [1.82, 2.24) is 19.7 Å². The number of hydrogen-bond donors (Lipinski definition) is 0. The second kappa shape index (κ2) is 6.08. The van der Waals surface area contributed by atoms with Crippen LogP contribution in [-0.2, 0) is 19.4 Å². The molecular weight excluding hydrogens is 292 g/mol. The number of pyridine rings is 1. The number of aromatic nitrogens is 4. The van der Waals surface area contributed by atoms with E-state index in [1.54, 1.807) is 12.5 Å². The third-order valence-electron chi connectivity index (χ3n) is 3.83. The molecule has 0 radical (unpaired) electrons. The van der Waals surface area contributed by atoms with Gasteiger partial charge in [-0.1, -0.05) is 12.1 Å². The van der Waals surface area contributed by atoms with Crippen LogP contribution in [0.1, 0.15) is 17.0 Å². The average Bonchev–Trinajstić information content (AvgIpc) is 3.22. The Labute approximate surface area is 133 Å². The van der Waals surface area contributed by atoms with Crippen LogP contribution >= 0.6 is 0 Å². The van der Waals surface area contributed by atoms with Crippen molar-refractivity contribution in [3.8, 4) is 11.5 Å². The molecule has 0 spiro atoms. The van der Waals surface area contributed by atoms with E-state index in [0.29, 0.717) is 13.3 Å². The van der Waals surface area contributed by atoms with Gasteiger partial charge in [0.05, 0.1) is 6.54 Å². The van der Waals surface area contributed by atoms with E-state index in [2.05, 4.69) is 21.1 Å². The highest BCUT2D eigenvalue weighted by atomic mass is 16.7. The maximum Gasteiger partial charge on any atom is 0.231 e. The topological polar surface area (TPSA) is 62.1 Å². The van der Waals surface area contributed by atoms with Gasteiger partial charge in [0.25, 0.3) is 0 Å². The summed E-state index contributed by atoms with van der Waals surface area (Å²) in [4.78, 5) is 8.51. The Morgan fingerprint density at radius 1 is 1.04 bits per heavy atom. The third-order valence-corrected chi connectivity index (χ3v) is 3.83. The zero-order chi connectivity index (χ0) is 15.5. The van der Waals surface area contributed by atoms with E-state index in [0.717, 1.165) is 35.7 Å². The van der Waals surface area contributed by atoms with Gasteiger partial charge in [-0.25, -0.2) is 9.67 Å². The molecule has 0 saturated carbocycles. The van der Waals surface area contributed by atoms with Crippen molar-refractivity contribution >= 4 is 0 Å². The lowest BCUT2D eigenvalue weighted by Gasteiger charge is -2.07. The van der Waals surface area contributed by atoms with Gasteiger partial charge < -0.3 is 9.47 Å². The van der Waals surface area contributed by atoms with Crippen molar-refractivity contribution in [1.29, 1.82) is 0 Å². The number of aryl methyl sites for hydroxylation is 2. The van der Waals surface area contributed by atoms with Crippen molar-refractivity contribution in [2.24, 2.45) is 0 Å². The molecule has 1 aliphatic rings. The van der Waals surface area contributed by atoms with Crippen LogP contribution in [0.4, 0.5) is 0 Å². The van der Waals surface area contributed by atoms with Crippen molar-refractivity contribution in [3.05, 3.63) is 66.0 Å². The fourth-order valence-corrected chi connectivity index (χ4v) is 2.63. The molecule has 4 rings (SSSR count). The van der Waals surface area contributed by atoms with E-state index in [9.17, 15) is 0 Å². The number of fused-ring (bicyclic) bond motifs is 1. The van der Waals surface area contributed by atoms with E-state index in [1.807, 2.05) is 35.1 Å². The zero-order valence-corrected chi connectivity index (χ0v) is 12.6. The molecule has 0 aliphatic carbocycles. The molecule has 116 valence electrons. The second-order valence-electron chi connectivity index (χ2n) is 5.38. The lowest BCUT2D eigenvalue weighted by molar-refractivity contribution is 0.174. The highest BCUT2D eigenvalue weighted by Gasteiger charge is 2.14. The van der Waals surface area contributed by atoms with Gasteiger partial charge in [0.1, 0.15) is 12.2 Å². The Morgan fingerprint density at radius 2 is 2.00 bits per heavy atom. The summed E-state index contributed by atoms with van der Waals surface area (Å²) in [5.74, 6) is 2.55. The molecule has 0 N–H and O–H groups in total. The van der Waals surface area contributed by atoms with Crippen LogP contribution in [0.15, 0.2) is 49.1 Å². The van der Waals surface area contributed by atoms with Crippen LogP contribution < -0.4 is 9.47 Å². The normalized spacial score (nSPS) is 12.5. The minimum atomic E-state index is 0.290. The van der Waals surface area contributed by atoms with Gasteiger partial charge >= 0.3 is 0 Å². The monoisotopic (exact) mass is 308 g/mol. The fourth-order valence-electron chi connectivity index (χ4n) is 2.63. The summed E-state index contributed by atoms with van der Waals surface area (Å²) in [5, 5.41) is 4.34. The van der Waals surface area contributed by atoms with E-state index >= 15 is 0 Å². The SMILES string of the molecule is c1cncc(CCc2ncnn2Cc2ccc3c(c2)OCO3)c1. The van der Waals surface area contributed by atoms with Gasteiger partial charge in [-0.2, -0.15) is 5.10 Å². The molecule has 0 bridgehead atoms. The molecule has 0 amide bonds. The molecule has 6 heteroatoms. The van der Waals surface area contributed by atoms with Crippen molar-refractivity contribution < 1.29 is 9.47 Å². The van der Waals surface area contributed by atoms with Crippen LogP contribution in [0.5, 0.6) is 11.5 Å². The molecular formula is C17H16N4O2. The lowest BCUT2D eigenvalue weighted by Crippen LogP contribution is -2.08. The molecule has 3 aromatic rings. The molecule has 1 aromatic carbocycles. The Balaban J connectivity index is 1.47. The predicted molar refractivity (Wildman–Crippen MR) is 83.3 cm³/mol. The first-order valence-corrected chi connectivity index (χ1v) is 7.52. The van der Waals surface area contributed by atoms with E-state index in [1.165, 1.54) is 5.56 Å². The molecule has 0 unspecified atom stereocenters. The molecule has 0 saturated heterocycles. The maximum atomic E-state index is 5.42. The number of benzene rings is 1. The van der Waals surface area contributed by atoms with Crippen LogP contribution in [-0.4, -0.2) is 26.5 Å². The number of rotatable bonds is 5. The summed E-state index contributed by atoms with van der Waals surface area (Å²) >= 11 is 0. The quantitative estimate of drug-likeness (QED) is 0.723. The second-order valence-corrected chi connectivity index (χ2v) is 5.38. The standard InChI is InChI=1S/C17H16N4O2/c1-2-13(9-18-7-1)4-6-17-19-11-20-21(17)10-14-3-5-15-16(8-14)23-12-22-15/h1-3,5,7-9,11H,4,6,10,12H2. The van der Waals surface area contributed by atoms with Crippen molar-refractivity contribution in [3.63, 3.8) is 0 Å². The van der Waals surface area contributed by atoms with Gasteiger partial charge in [-0.15, -0.1) is 0 Å². The summed E-state index contributed by atoms with van der Waals surface area (Å²) < 4.78 is 12.7. The highest BCUT2D eigenvalue weighted by molar-refractivity contribution is 5.44. The highest BCUT2D eigenvalue weighted by Crippen LogP contribution is 2.32. The minimum absolute atomic E-state index is 0.290. The number of nitrogens with zero attached hydrogens (tertiary/aromatic N) is 4. The smallest absolute Gasteiger partial charge is 0.231 e. The summed E-state index contributed by atoms with van der Waals surface area (Å²) in [5.41, 5.74) is 2.31. The average molecular weight is 308 g/mol. The molecule has 0 fully saturated rings. The minimum Gasteiger partial charge on any atom is -0.454 e. The summed E-state index contributed by atoms with van der Waals surface area (Å²) in [6.45, 7) is 0.956. The van der Waals surface area contributed by atoms with E-state index in [4.69, 9.17) is 9.47 Å². The van der Waals surface area contributed by atoms with Crippen LogP contribution in [0.3, 0.4) is 0 Å². The summed E-state index contributed by atoms with van der Waals surface area (Å²) in [7, 11) is 0. The lowest BCUT2D eigenvalue weighted by atomic mass is 10.1. The predicted octanol–water partition coefficient (Wildman–Crippen LogP) is 2.24. The van der Waals surface area contributed by atoms with Gasteiger partial charge in [-0.05, 0) is 35.7 Å². The largest absolute Gasteiger partial charge is 0.454 e. The maximum absolute atomic E-state index is 5.42. The number of ether oxygens (including phenoxy) is 2. The van der Waals surface area contributed by atoms with Crippen LogP contribution in [0.25, 0.3) is 0 Å². The van der Waals surface area contributed by atoms with Crippen LogP contribution in [0.2, 0.25) is 0 Å². The first kappa shape index (κ1) is 13.8. The Morgan fingerprint density at radius 3 is 2.91 bits per heavy atom. The van der Waals surface area contributed by atoms with E-state index in [-0.39, 0.29) is 0 Å². The van der Waals surface area contributed by atoms with Gasteiger partial charge in [0.2, 0.25) is 6.79 Å². The molecule has 3 heterocycles. The Bertz CT molecular complexity index is 801. The molecule has 1 aliphatic heterocycles. The first-order valence-electron chi connectivity index (χ1n) is 7.52. The number of hydrogen-bond acceptors (Lipinski definition) is 5. The van der Waals surface area contributed by atoms with E-state index < -0.39 is 0 Å². The third kappa shape index (κ3) is 3.01. The molecule has 23 heavy (non-hydrogen) atoms. The first-order chi connectivity index (χ1) is 11.4. The molecule has 6 nitrogen and oxygen atoms in total. The summed E-state index contributed by atoms with van der Waals surface area (Å²) in [6.07, 6.45) is 7.00. The van der Waals surface area contributed by atoms with Crippen molar-refractivity contribution in [2.45, 2.75) is 19.4 Å². The van der Waals surface area contributed by atoms with Gasteiger partial charge in [-0.3, -0.25) is 4.98 Å². The Hall–Kier alpha value is -2.89.